The summed E-state index contributed by atoms with van der Waals surface area (Å²) in [6.07, 6.45) is -0.263. The number of carbonyl (C=O) groups is 1. The summed E-state index contributed by atoms with van der Waals surface area (Å²) < 4.78 is 4.77. The van der Waals surface area contributed by atoms with Crippen molar-refractivity contribution >= 4 is 29.2 Å². The van der Waals surface area contributed by atoms with Gasteiger partial charge < -0.3 is 9.84 Å². The van der Waals surface area contributed by atoms with E-state index in [1.54, 1.807) is 25.1 Å². The van der Waals surface area contributed by atoms with Crippen LogP contribution in [-0.2, 0) is 9.53 Å². The number of benzene rings is 1. The highest BCUT2D eigenvalue weighted by molar-refractivity contribution is 6.42. The molecule has 0 radical (unpaired) electrons. The zero-order valence-corrected chi connectivity index (χ0v) is 11.0. The first-order chi connectivity index (χ1) is 8.04. The van der Waals surface area contributed by atoms with Gasteiger partial charge in [0.25, 0.3) is 0 Å². The second kappa shape index (κ2) is 6.84. The summed E-state index contributed by atoms with van der Waals surface area (Å²) in [5.74, 6) is -0.313. The van der Waals surface area contributed by atoms with Gasteiger partial charge in [0.15, 0.2) is 0 Å². The third-order valence-corrected chi connectivity index (χ3v) is 2.99. The van der Waals surface area contributed by atoms with Crippen molar-refractivity contribution in [3.8, 4) is 0 Å². The highest BCUT2D eigenvalue weighted by atomic mass is 35.5. The van der Waals surface area contributed by atoms with E-state index in [1.807, 2.05) is 0 Å². The topological polar surface area (TPSA) is 46.5 Å². The zero-order chi connectivity index (χ0) is 12.8. The minimum Gasteiger partial charge on any atom is -0.466 e. The Hall–Kier alpha value is -0.770. The molecule has 0 saturated heterocycles. The standard InChI is InChI=1S/C12H14Cl2O3/c1-2-17-12(16)6-5-11(15)8-3-4-9(13)10(14)7-8/h3-4,7,11,15H,2,5-6H2,1H3. The maximum atomic E-state index is 11.1. The Bertz CT molecular complexity index is 393. The smallest absolute Gasteiger partial charge is 0.305 e. The quantitative estimate of drug-likeness (QED) is 0.839. The van der Waals surface area contributed by atoms with Gasteiger partial charge in [-0.1, -0.05) is 29.3 Å². The number of aliphatic hydroxyl groups is 1. The lowest BCUT2D eigenvalue weighted by Crippen LogP contribution is -2.07. The van der Waals surface area contributed by atoms with Gasteiger partial charge in [-0.15, -0.1) is 0 Å². The largest absolute Gasteiger partial charge is 0.466 e. The average Bonchev–Trinajstić information content (AvgIpc) is 2.30. The molecule has 17 heavy (non-hydrogen) atoms. The minimum absolute atomic E-state index is 0.176. The first-order valence-electron chi connectivity index (χ1n) is 5.33. The molecule has 0 heterocycles. The predicted octanol–water partition coefficient (Wildman–Crippen LogP) is 3.37. The minimum atomic E-state index is -0.742. The van der Waals surface area contributed by atoms with Crippen molar-refractivity contribution in [2.24, 2.45) is 0 Å². The Balaban J connectivity index is 2.54. The molecule has 5 heteroatoms. The number of ether oxygens (including phenoxy) is 1. The number of hydrogen-bond donors (Lipinski definition) is 1. The molecule has 1 unspecified atom stereocenters. The number of halogens is 2. The van der Waals surface area contributed by atoms with Crippen LogP contribution in [0.3, 0.4) is 0 Å². The van der Waals surface area contributed by atoms with Crippen molar-refractivity contribution in [2.75, 3.05) is 6.61 Å². The molecule has 1 aromatic carbocycles. The fraction of sp³-hybridized carbons (Fsp3) is 0.417. The van der Waals surface area contributed by atoms with Crippen molar-refractivity contribution in [1.82, 2.24) is 0 Å². The maximum absolute atomic E-state index is 11.1. The van der Waals surface area contributed by atoms with Gasteiger partial charge in [-0.25, -0.2) is 0 Å². The monoisotopic (exact) mass is 276 g/mol. The average molecular weight is 277 g/mol. The summed E-state index contributed by atoms with van der Waals surface area (Å²) in [5, 5.41) is 10.7. The first kappa shape index (κ1) is 14.3. The van der Waals surface area contributed by atoms with Gasteiger partial charge in [-0.2, -0.15) is 0 Å². The van der Waals surface area contributed by atoms with Crippen molar-refractivity contribution < 1.29 is 14.6 Å². The number of aliphatic hydroxyl groups excluding tert-OH is 1. The molecule has 1 rings (SSSR count). The summed E-state index contributed by atoms with van der Waals surface area (Å²) in [5.41, 5.74) is 0.642. The van der Waals surface area contributed by atoms with E-state index in [0.29, 0.717) is 28.6 Å². The Kier molecular flexibility index (Phi) is 5.75. The van der Waals surface area contributed by atoms with Crippen LogP contribution < -0.4 is 0 Å². The van der Waals surface area contributed by atoms with Crippen molar-refractivity contribution in [1.29, 1.82) is 0 Å². The summed E-state index contributed by atoms with van der Waals surface area (Å²) in [4.78, 5) is 11.1. The molecular weight excluding hydrogens is 263 g/mol. The van der Waals surface area contributed by atoms with Crippen LogP contribution in [0.2, 0.25) is 10.0 Å². The summed E-state index contributed by atoms with van der Waals surface area (Å²) in [6, 6.07) is 4.90. The Morgan fingerprint density at radius 1 is 1.41 bits per heavy atom. The maximum Gasteiger partial charge on any atom is 0.305 e. The van der Waals surface area contributed by atoms with Gasteiger partial charge in [0.05, 0.1) is 22.8 Å². The van der Waals surface area contributed by atoms with Gasteiger partial charge in [-0.3, -0.25) is 4.79 Å². The molecule has 0 aliphatic heterocycles. The van der Waals surface area contributed by atoms with Crippen LogP contribution in [0.4, 0.5) is 0 Å². The Morgan fingerprint density at radius 3 is 2.71 bits per heavy atom. The highest BCUT2D eigenvalue weighted by Crippen LogP contribution is 2.27. The molecule has 0 amide bonds. The van der Waals surface area contributed by atoms with E-state index in [4.69, 9.17) is 27.9 Å². The highest BCUT2D eigenvalue weighted by Gasteiger charge is 2.12. The lowest BCUT2D eigenvalue weighted by Gasteiger charge is -2.11. The summed E-state index contributed by atoms with van der Waals surface area (Å²) in [7, 11) is 0. The molecular formula is C12H14Cl2O3. The molecule has 0 bridgehead atoms. The number of esters is 1. The zero-order valence-electron chi connectivity index (χ0n) is 9.45. The third-order valence-electron chi connectivity index (χ3n) is 2.26. The van der Waals surface area contributed by atoms with Crippen molar-refractivity contribution in [3.63, 3.8) is 0 Å². The second-order valence-electron chi connectivity index (χ2n) is 3.53. The second-order valence-corrected chi connectivity index (χ2v) is 4.35. The molecule has 0 saturated carbocycles. The van der Waals surface area contributed by atoms with Crippen LogP contribution >= 0.6 is 23.2 Å². The molecule has 1 atom stereocenters. The first-order valence-corrected chi connectivity index (χ1v) is 6.08. The molecule has 1 N–H and O–H groups in total. The molecule has 94 valence electrons. The number of hydrogen-bond acceptors (Lipinski definition) is 3. The SMILES string of the molecule is CCOC(=O)CCC(O)c1ccc(Cl)c(Cl)c1. The summed E-state index contributed by atoms with van der Waals surface area (Å²) in [6.45, 7) is 2.09. The van der Waals surface area contributed by atoms with Crippen LogP contribution in [0.5, 0.6) is 0 Å². The van der Waals surface area contributed by atoms with Gasteiger partial charge in [0.1, 0.15) is 0 Å². The molecule has 0 spiro atoms. The van der Waals surface area contributed by atoms with Gasteiger partial charge in [0, 0.05) is 6.42 Å². The van der Waals surface area contributed by atoms with E-state index >= 15 is 0 Å². The van der Waals surface area contributed by atoms with Gasteiger partial charge >= 0.3 is 5.97 Å². The van der Waals surface area contributed by atoms with E-state index in [2.05, 4.69) is 0 Å². The van der Waals surface area contributed by atoms with Gasteiger partial charge in [0.2, 0.25) is 0 Å². The third kappa shape index (κ3) is 4.54. The van der Waals surface area contributed by atoms with E-state index in [-0.39, 0.29) is 12.4 Å². The number of carbonyl (C=O) groups excluding carboxylic acids is 1. The van der Waals surface area contributed by atoms with E-state index < -0.39 is 6.10 Å². The van der Waals surface area contributed by atoms with Crippen molar-refractivity contribution in [3.05, 3.63) is 33.8 Å². The molecule has 3 nitrogen and oxygen atoms in total. The summed E-state index contributed by atoms with van der Waals surface area (Å²) >= 11 is 11.6. The molecule has 0 fully saturated rings. The lowest BCUT2D eigenvalue weighted by molar-refractivity contribution is -0.143. The molecule has 0 aliphatic carbocycles. The van der Waals surface area contributed by atoms with Crippen LogP contribution in [0.1, 0.15) is 31.4 Å². The Labute approximate surface area is 110 Å². The number of rotatable bonds is 5. The van der Waals surface area contributed by atoms with Crippen LogP contribution in [0.15, 0.2) is 18.2 Å². The van der Waals surface area contributed by atoms with Crippen LogP contribution in [0, 0.1) is 0 Å². The fourth-order valence-corrected chi connectivity index (χ4v) is 1.68. The van der Waals surface area contributed by atoms with Crippen molar-refractivity contribution in [2.45, 2.75) is 25.9 Å². The normalized spacial score (nSPS) is 12.2. The predicted molar refractivity (Wildman–Crippen MR) is 67.3 cm³/mol. The lowest BCUT2D eigenvalue weighted by atomic mass is 10.1. The van der Waals surface area contributed by atoms with E-state index in [1.165, 1.54) is 0 Å². The van der Waals surface area contributed by atoms with Gasteiger partial charge in [-0.05, 0) is 31.0 Å². The van der Waals surface area contributed by atoms with E-state index in [9.17, 15) is 9.90 Å². The molecule has 0 aromatic heterocycles. The van der Waals surface area contributed by atoms with Crippen LogP contribution in [-0.4, -0.2) is 17.7 Å². The molecule has 1 aromatic rings. The van der Waals surface area contributed by atoms with E-state index in [0.717, 1.165) is 0 Å². The Morgan fingerprint density at radius 2 is 2.12 bits per heavy atom. The van der Waals surface area contributed by atoms with Crippen LogP contribution in [0.25, 0.3) is 0 Å². The molecule has 0 aliphatic rings. The fourth-order valence-electron chi connectivity index (χ4n) is 1.37.